The highest BCUT2D eigenvalue weighted by Crippen LogP contribution is 2.30. The maximum absolute atomic E-state index is 11.7. The number of carboxylic acid groups (broad SMARTS) is 1. The molecule has 1 aliphatic rings. The highest BCUT2D eigenvalue weighted by molar-refractivity contribution is 5.80. The second-order valence-electron chi connectivity index (χ2n) is 4.48. The van der Waals surface area contributed by atoms with Crippen LogP contribution in [0.15, 0.2) is 0 Å². The molecule has 1 fully saturated rings. The molecule has 1 saturated carbocycles. The van der Waals surface area contributed by atoms with Gasteiger partial charge >= 0.3 is 5.97 Å². The molecule has 0 aromatic heterocycles. The van der Waals surface area contributed by atoms with Gasteiger partial charge in [0.05, 0.1) is 6.42 Å². The molecule has 1 aliphatic carbocycles. The molecule has 4 heteroatoms. The van der Waals surface area contributed by atoms with E-state index in [1.807, 2.05) is 13.8 Å². The van der Waals surface area contributed by atoms with E-state index in [2.05, 4.69) is 0 Å². The lowest BCUT2D eigenvalue weighted by Crippen LogP contribution is -2.38. The van der Waals surface area contributed by atoms with Gasteiger partial charge in [-0.3, -0.25) is 9.59 Å². The van der Waals surface area contributed by atoms with Crippen molar-refractivity contribution in [3.63, 3.8) is 0 Å². The molecule has 0 aromatic carbocycles. The smallest absolute Gasteiger partial charge is 0.303 e. The number of hydrogen-bond donors (Lipinski definition) is 1. The lowest BCUT2D eigenvalue weighted by atomic mass is 10.2. The average Bonchev–Trinajstić information content (AvgIpc) is 2.93. The highest BCUT2D eigenvalue weighted by Gasteiger charge is 2.28. The van der Waals surface area contributed by atoms with Crippen molar-refractivity contribution in [3.05, 3.63) is 0 Å². The van der Waals surface area contributed by atoms with Gasteiger partial charge in [0.25, 0.3) is 0 Å². The summed E-state index contributed by atoms with van der Waals surface area (Å²) in [6.07, 6.45) is 2.47. The fourth-order valence-corrected chi connectivity index (χ4v) is 1.54. The fraction of sp³-hybridized carbons (Fsp3) is 0.818. The summed E-state index contributed by atoms with van der Waals surface area (Å²) < 4.78 is 0. The highest BCUT2D eigenvalue weighted by atomic mass is 16.4. The van der Waals surface area contributed by atoms with Crippen LogP contribution >= 0.6 is 0 Å². The average molecular weight is 213 g/mol. The van der Waals surface area contributed by atoms with E-state index in [-0.39, 0.29) is 24.8 Å². The van der Waals surface area contributed by atoms with Crippen LogP contribution in [-0.4, -0.2) is 34.5 Å². The molecule has 86 valence electrons. The van der Waals surface area contributed by atoms with Crippen molar-refractivity contribution in [1.29, 1.82) is 0 Å². The molecule has 0 atom stereocenters. The third-order valence-corrected chi connectivity index (χ3v) is 2.65. The SMILES string of the molecule is CC(C)N(CC1CC1)C(=O)CCC(=O)O. The molecule has 0 heterocycles. The number of carbonyl (C=O) groups is 2. The summed E-state index contributed by atoms with van der Waals surface area (Å²) in [5, 5.41) is 8.51. The largest absolute Gasteiger partial charge is 0.481 e. The molecular formula is C11H19NO3. The van der Waals surface area contributed by atoms with Crippen molar-refractivity contribution in [2.75, 3.05) is 6.54 Å². The number of hydrogen-bond acceptors (Lipinski definition) is 2. The van der Waals surface area contributed by atoms with Gasteiger partial charge in [0, 0.05) is 19.0 Å². The Balaban J connectivity index is 2.39. The van der Waals surface area contributed by atoms with Crippen LogP contribution in [0.3, 0.4) is 0 Å². The normalized spacial score (nSPS) is 15.4. The summed E-state index contributed by atoms with van der Waals surface area (Å²) in [6.45, 7) is 4.75. The van der Waals surface area contributed by atoms with Crippen molar-refractivity contribution < 1.29 is 14.7 Å². The van der Waals surface area contributed by atoms with E-state index in [1.165, 1.54) is 12.8 Å². The van der Waals surface area contributed by atoms with Gasteiger partial charge in [-0.2, -0.15) is 0 Å². The molecule has 4 nitrogen and oxygen atoms in total. The fourth-order valence-electron chi connectivity index (χ4n) is 1.54. The first-order valence-electron chi connectivity index (χ1n) is 5.52. The lowest BCUT2D eigenvalue weighted by Gasteiger charge is -2.26. The van der Waals surface area contributed by atoms with Crippen molar-refractivity contribution in [2.24, 2.45) is 5.92 Å². The van der Waals surface area contributed by atoms with Crippen LogP contribution in [0.2, 0.25) is 0 Å². The van der Waals surface area contributed by atoms with E-state index in [0.717, 1.165) is 6.54 Å². The van der Waals surface area contributed by atoms with Crippen LogP contribution < -0.4 is 0 Å². The monoisotopic (exact) mass is 213 g/mol. The van der Waals surface area contributed by atoms with Gasteiger partial charge in [0.1, 0.15) is 0 Å². The zero-order valence-electron chi connectivity index (χ0n) is 9.40. The summed E-state index contributed by atoms with van der Waals surface area (Å²) in [6, 6.07) is 0.173. The third-order valence-electron chi connectivity index (χ3n) is 2.65. The van der Waals surface area contributed by atoms with Gasteiger partial charge in [-0.1, -0.05) is 0 Å². The molecule has 15 heavy (non-hydrogen) atoms. The Morgan fingerprint density at radius 2 is 1.93 bits per heavy atom. The Morgan fingerprint density at radius 3 is 2.33 bits per heavy atom. The topological polar surface area (TPSA) is 57.6 Å². The van der Waals surface area contributed by atoms with Crippen LogP contribution in [0, 0.1) is 5.92 Å². The van der Waals surface area contributed by atoms with Gasteiger partial charge in [0.15, 0.2) is 0 Å². The maximum atomic E-state index is 11.7. The minimum absolute atomic E-state index is 0.0284. The quantitative estimate of drug-likeness (QED) is 0.727. The summed E-state index contributed by atoms with van der Waals surface area (Å²) in [4.78, 5) is 23.9. The Kier molecular flexibility index (Phi) is 4.12. The van der Waals surface area contributed by atoms with Crippen molar-refractivity contribution in [2.45, 2.75) is 45.6 Å². The van der Waals surface area contributed by atoms with Crippen molar-refractivity contribution >= 4 is 11.9 Å². The first-order chi connectivity index (χ1) is 7.00. The summed E-state index contributed by atoms with van der Waals surface area (Å²) in [7, 11) is 0. The molecule has 0 bridgehead atoms. The number of aliphatic carboxylic acids is 1. The Bertz CT molecular complexity index is 246. The Morgan fingerprint density at radius 1 is 1.33 bits per heavy atom. The van der Waals surface area contributed by atoms with E-state index in [4.69, 9.17) is 5.11 Å². The molecule has 0 spiro atoms. The van der Waals surface area contributed by atoms with Gasteiger partial charge in [-0.25, -0.2) is 0 Å². The van der Waals surface area contributed by atoms with Crippen LogP contribution in [0.5, 0.6) is 0 Å². The standard InChI is InChI=1S/C11H19NO3/c1-8(2)12(7-9-3-4-9)10(13)5-6-11(14)15/h8-9H,3-7H2,1-2H3,(H,14,15). The van der Waals surface area contributed by atoms with Crippen molar-refractivity contribution in [3.8, 4) is 0 Å². The molecule has 1 amide bonds. The Hall–Kier alpha value is -1.06. The second kappa shape index (κ2) is 5.14. The summed E-state index contributed by atoms with van der Waals surface area (Å²) >= 11 is 0. The molecular weight excluding hydrogens is 194 g/mol. The van der Waals surface area contributed by atoms with E-state index in [1.54, 1.807) is 4.90 Å². The minimum atomic E-state index is -0.904. The summed E-state index contributed by atoms with van der Waals surface area (Å²) in [5.74, 6) is -0.279. The Labute approximate surface area is 90.3 Å². The predicted molar refractivity (Wildman–Crippen MR) is 56.4 cm³/mol. The molecule has 0 aromatic rings. The number of nitrogens with zero attached hydrogens (tertiary/aromatic N) is 1. The molecule has 0 aliphatic heterocycles. The second-order valence-corrected chi connectivity index (χ2v) is 4.48. The molecule has 1 rings (SSSR count). The lowest BCUT2D eigenvalue weighted by molar-refractivity contribution is -0.141. The number of rotatable bonds is 6. The van der Waals surface area contributed by atoms with Crippen LogP contribution in [-0.2, 0) is 9.59 Å². The predicted octanol–water partition coefficient (Wildman–Crippen LogP) is 1.50. The van der Waals surface area contributed by atoms with Gasteiger partial charge < -0.3 is 10.0 Å². The van der Waals surface area contributed by atoms with Crippen LogP contribution in [0.1, 0.15) is 39.5 Å². The first-order valence-corrected chi connectivity index (χ1v) is 5.52. The van der Waals surface area contributed by atoms with E-state index in [9.17, 15) is 9.59 Å². The van der Waals surface area contributed by atoms with Crippen LogP contribution in [0.25, 0.3) is 0 Å². The zero-order chi connectivity index (χ0) is 11.4. The van der Waals surface area contributed by atoms with Gasteiger partial charge in [-0.15, -0.1) is 0 Å². The van der Waals surface area contributed by atoms with Gasteiger partial charge in [-0.05, 0) is 32.6 Å². The third kappa shape index (κ3) is 4.32. The maximum Gasteiger partial charge on any atom is 0.303 e. The first kappa shape index (κ1) is 12.0. The number of carbonyl (C=O) groups excluding carboxylic acids is 1. The van der Waals surface area contributed by atoms with E-state index in [0.29, 0.717) is 5.92 Å². The van der Waals surface area contributed by atoms with Crippen LogP contribution in [0.4, 0.5) is 0 Å². The summed E-state index contributed by atoms with van der Waals surface area (Å²) in [5.41, 5.74) is 0. The van der Waals surface area contributed by atoms with E-state index < -0.39 is 5.97 Å². The van der Waals surface area contributed by atoms with Gasteiger partial charge in [0.2, 0.25) is 5.91 Å². The number of carboxylic acids is 1. The number of amides is 1. The molecule has 0 saturated heterocycles. The van der Waals surface area contributed by atoms with E-state index >= 15 is 0 Å². The molecule has 0 unspecified atom stereocenters. The van der Waals surface area contributed by atoms with Crippen molar-refractivity contribution in [1.82, 2.24) is 4.90 Å². The molecule has 1 N–H and O–H groups in total. The zero-order valence-corrected chi connectivity index (χ0v) is 9.40. The minimum Gasteiger partial charge on any atom is -0.481 e. The molecule has 0 radical (unpaired) electrons.